The second-order valence-electron chi connectivity index (χ2n) is 7.22. The fraction of sp³-hybridized carbons (Fsp3) is 1.00. The summed E-state index contributed by atoms with van der Waals surface area (Å²) >= 11 is 0. The van der Waals surface area contributed by atoms with Crippen LogP contribution >= 0.6 is 0 Å². The largest absolute Gasteiger partial charge is 0.377 e. The number of nitrogens with one attached hydrogen (secondary N) is 1. The number of rotatable bonds is 3. The van der Waals surface area contributed by atoms with Gasteiger partial charge in [-0.05, 0) is 32.6 Å². The predicted molar refractivity (Wildman–Crippen MR) is 68.8 cm³/mol. The van der Waals surface area contributed by atoms with Crippen molar-refractivity contribution in [2.45, 2.75) is 63.6 Å². The van der Waals surface area contributed by atoms with Crippen LogP contribution in [-0.2, 0) is 4.74 Å². The summed E-state index contributed by atoms with van der Waals surface area (Å²) in [6.45, 7) is 8.71. The summed E-state index contributed by atoms with van der Waals surface area (Å²) < 4.78 is 5.83. The molecule has 98 valence electrons. The first-order valence-corrected chi connectivity index (χ1v) is 7.05. The lowest BCUT2D eigenvalue weighted by atomic mass is 9.48. The summed E-state index contributed by atoms with van der Waals surface area (Å²) in [5, 5.41) is 3.73. The maximum atomic E-state index is 6.71. The fourth-order valence-corrected chi connectivity index (χ4v) is 4.08. The molecular formula is C14H26N2O. The summed E-state index contributed by atoms with van der Waals surface area (Å²) in [6, 6.07) is 0. The molecule has 3 unspecified atom stereocenters. The van der Waals surface area contributed by atoms with Gasteiger partial charge in [0.1, 0.15) is 0 Å². The topological polar surface area (TPSA) is 47.3 Å². The summed E-state index contributed by atoms with van der Waals surface area (Å²) in [4.78, 5) is 0. The molecule has 0 aromatic rings. The van der Waals surface area contributed by atoms with E-state index in [2.05, 4.69) is 26.1 Å². The molecule has 3 heteroatoms. The SMILES string of the molecule is CC1(NCC2(N)C3CCOC3C2(C)C)CCC1. The summed E-state index contributed by atoms with van der Waals surface area (Å²) in [7, 11) is 0. The molecule has 0 aromatic carbocycles. The van der Waals surface area contributed by atoms with Gasteiger partial charge in [0.15, 0.2) is 0 Å². The van der Waals surface area contributed by atoms with Crippen LogP contribution in [0.3, 0.4) is 0 Å². The maximum Gasteiger partial charge on any atom is 0.0691 e. The molecule has 3 atom stereocenters. The molecule has 1 heterocycles. The Balaban J connectivity index is 1.68. The zero-order valence-corrected chi connectivity index (χ0v) is 11.4. The van der Waals surface area contributed by atoms with Gasteiger partial charge in [0.2, 0.25) is 0 Å². The highest BCUT2D eigenvalue weighted by Gasteiger charge is 2.67. The summed E-state index contributed by atoms with van der Waals surface area (Å²) in [6.07, 6.45) is 5.49. The summed E-state index contributed by atoms with van der Waals surface area (Å²) in [5.74, 6) is 0.564. The van der Waals surface area contributed by atoms with Gasteiger partial charge in [-0.2, -0.15) is 0 Å². The van der Waals surface area contributed by atoms with Crippen molar-refractivity contribution in [1.82, 2.24) is 5.32 Å². The molecule has 3 N–H and O–H groups in total. The Morgan fingerprint density at radius 2 is 2.00 bits per heavy atom. The van der Waals surface area contributed by atoms with Gasteiger partial charge in [0.25, 0.3) is 0 Å². The number of nitrogens with two attached hydrogens (primary N) is 1. The minimum absolute atomic E-state index is 0.0766. The first-order chi connectivity index (χ1) is 7.89. The Labute approximate surface area is 104 Å². The van der Waals surface area contributed by atoms with Gasteiger partial charge < -0.3 is 15.8 Å². The van der Waals surface area contributed by atoms with Crippen molar-refractivity contribution in [3.63, 3.8) is 0 Å². The number of ether oxygens (including phenoxy) is 1. The van der Waals surface area contributed by atoms with Crippen molar-refractivity contribution in [2.24, 2.45) is 17.1 Å². The Kier molecular flexibility index (Phi) is 2.43. The van der Waals surface area contributed by atoms with E-state index in [0.717, 1.165) is 19.6 Å². The van der Waals surface area contributed by atoms with Crippen LogP contribution in [0, 0.1) is 11.3 Å². The first-order valence-electron chi connectivity index (χ1n) is 7.05. The van der Waals surface area contributed by atoms with Gasteiger partial charge in [-0.3, -0.25) is 0 Å². The Bertz CT molecular complexity index is 324. The molecule has 17 heavy (non-hydrogen) atoms. The van der Waals surface area contributed by atoms with Crippen LogP contribution in [0.2, 0.25) is 0 Å². The molecular weight excluding hydrogens is 212 g/mol. The molecule has 0 spiro atoms. The van der Waals surface area contributed by atoms with Gasteiger partial charge in [-0.1, -0.05) is 13.8 Å². The molecule has 0 bridgehead atoms. The van der Waals surface area contributed by atoms with E-state index in [1.165, 1.54) is 19.3 Å². The maximum absolute atomic E-state index is 6.71. The van der Waals surface area contributed by atoms with Crippen molar-refractivity contribution in [2.75, 3.05) is 13.2 Å². The lowest BCUT2D eigenvalue weighted by Crippen LogP contribution is -2.79. The van der Waals surface area contributed by atoms with E-state index in [1.807, 2.05) is 0 Å². The average Bonchev–Trinajstić information content (AvgIpc) is 2.71. The molecule has 3 aliphatic rings. The minimum Gasteiger partial charge on any atom is -0.377 e. The van der Waals surface area contributed by atoms with Crippen LogP contribution in [0.15, 0.2) is 0 Å². The Morgan fingerprint density at radius 3 is 2.59 bits per heavy atom. The molecule has 3 fully saturated rings. The van der Waals surface area contributed by atoms with Gasteiger partial charge in [-0.25, -0.2) is 0 Å². The molecule has 3 nitrogen and oxygen atoms in total. The molecule has 0 radical (unpaired) electrons. The highest BCUT2D eigenvalue weighted by Crippen LogP contribution is 2.58. The third-order valence-corrected chi connectivity index (χ3v) is 5.93. The number of hydrogen-bond acceptors (Lipinski definition) is 3. The van der Waals surface area contributed by atoms with Crippen LogP contribution in [0.25, 0.3) is 0 Å². The molecule has 3 rings (SSSR count). The molecule has 0 aromatic heterocycles. The fourth-order valence-electron chi connectivity index (χ4n) is 4.08. The predicted octanol–water partition coefficient (Wildman–Crippen LogP) is 1.66. The van der Waals surface area contributed by atoms with Crippen LogP contribution in [0.4, 0.5) is 0 Å². The molecule has 1 saturated heterocycles. The molecule has 1 aliphatic heterocycles. The summed E-state index contributed by atoms with van der Waals surface area (Å²) in [5.41, 5.74) is 7.10. The van der Waals surface area contributed by atoms with Crippen molar-refractivity contribution >= 4 is 0 Å². The van der Waals surface area contributed by atoms with Gasteiger partial charge in [0, 0.05) is 35.6 Å². The van der Waals surface area contributed by atoms with Gasteiger partial charge in [0.05, 0.1) is 6.10 Å². The second kappa shape index (κ2) is 3.46. The lowest BCUT2D eigenvalue weighted by Gasteiger charge is -2.63. The monoisotopic (exact) mass is 238 g/mol. The van der Waals surface area contributed by atoms with E-state index in [9.17, 15) is 0 Å². The molecule has 0 amide bonds. The van der Waals surface area contributed by atoms with Gasteiger partial charge in [-0.15, -0.1) is 0 Å². The van der Waals surface area contributed by atoms with E-state index in [-0.39, 0.29) is 11.0 Å². The standard InChI is InChI=1S/C14H26N2O/c1-12(2)11-10(5-8-17-11)14(12,15)9-16-13(3)6-4-7-13/h10-11,16H,4-9,15H2,1-3H3. The van der Waals surface area contributed by atoms with Crippen LogP contribution < -0.4 is 11.1 Å². The third kappa shape index (κ3) is 1.45. The zero-order valence-electron chi connectivity index (χ0n) is 11.4. The van der Waals surface area contributed by atoms with Crippen LogP contribution in [0.5, 0.6) is 0 Å². The molecule has 2 aliphatic carbocycles. The number of fused-ring (bicyclic) bond motifs is 1. The smallest absolute Gasteiger partial charge is 0.0691 e. The van der Waals surface area contributed by atoms with E-state index >= 15 is 0 Å². The minimum atomic E-state index is -0.0766. The molecule has 2 saturated carbocycles. The second-order valence-corrected chi connectivity index (χ2v) is 7.22. The van der Waals surface area contributed by atoms with Crippen LogP contribution in [0.1, 0.15) is 46.5 Å². The van der Waals surface area contributed by atoms with Gasteiger partial charge >= 0.3 is 0 Å². The first kappa shape index (κ1) is 11.9. The Hall–Kier alpha value is -0.120. The van der Waals surface area contributed by atoms with Crippen molar-refractivity contribution in [3.8, 4) is 0 Å². The Morgan fingerprint density at radius 1 is 1.29 bits per heavy atom. The number of hydrogen-bond donors (Lipinski definition) is 2. The normalized spacial score (nSPS) is 45.9. The van der Waals surface area contributed by atoms with Crippen LogP contribution in [-0.4, -0.2) is 30.3 Å². The van der Waals surface area contributed by atoms with Crippen molar-refractivity contribution in [3.05, 3.63) is 0 Å². The quantitative estimate of drug-likeness (QED) is 0.786. The van der Waals surface area contributed by atoms with E-state index in [0.29, 0.717) is 17.6 Å². The van der Waals surface area contributed by atoms with E-state index in [1.54, 1.807) is 0 Å². The van der Waals surface area contributed by atoms with E-state index < -0.39 is 0 Å². The average molecular weight is 238 g/mol. The zero-order chi connectivity index (χ0) is 12.3. The highest BCUT2D eigenvalue weighted by atomic mass is 16.5. The van der Waals surface area contributed by atoms with Crippen molar-refractivity contribution in [1.29, 1.82) is 0 Å². The lowest BCUT2D eigenvalue weighted by molar-refractivity contribution is -0.155. The third-order valence-electron chi connectivity index (χ3n) is 5.93. The van der Waals surface area contributed by atoms with E-state index in [4.69, 9.17) is 10.5 Å². The highest BCUT2D eigenvalue weighted by molar-refractivity contribution is 5.22. The van der Waals surface area contributed by atoms with Crippen molar-refractivity contribution < 1.29 is 4.74 Å².